The lowest BCUT2D eigenvalue weighted by molar-refractivity contribution is 0.0949. The first kappa shape index (κ1) is 25.4. The molecule has 0 aromatic heterocycles. The van der Waals surface area contributed by atoms with Crippen molar-refractivity contribution in [3.05, 3.63) is 72.0 Å². The number of amidine groups is 1. The lowest BCUT2D eigenvalue weighted by Gasteiger charge is -2.12. The summed E-state index contributed by atoms with van der Waals surface area (Å²) in [6.07, 6.45) is 0. The summed E-state index contributed by atoms with van der Waals surface area (Å²) in [4.78, 5) is 12.4. The van der Waals surface area contributed by atoms with Crippen molar-refractivity contribution in [3.8, 4) is 11.1 Å². The van der Waals surface area contributed by atoms with Gasteiger partial charge in [-0.25, -0.2) is 18.7 Å². The number of halogens is 3. The van der Waals surface area contributed by atoms with Gasteiger partial charge in [-0.1, -0.05) is 36.4 Å². The van der Waals surface area contributed by atoms with Crippen molar-refractivity contribution in [1.82, 2.24) is 5.32 Å². The van der Waals surface area contributed by atoms with Crippen LogP contribution in [0.25, 0.3) is 21.9 Å². The quantitative estimate of drug-likeness (QED) is 0.257. The molecular weight excluding hydrogens is 407 g/mol. The number of carbonyl (C=O) groups is 1. The number of alkyl halides is 2. The molecule has 31 heavy (non-hydrogen) atoms. The highest BCUT2D eigenvalue weighted by atomic mass is 19.3. The van der Waals surface area contributed by atoms with E-state index >= 15 is 0 Å². The summed E-state index contributed by atoms with van der Waals surface area (Å²) in [5.74, 6) is -0.829. The maximum atomic E-state index is 13.2. The molecule has 0 fully saturated rings. The Balaban J connectivity index is 0.000000884. The highest BCUT2D eigenvalue weighted by molar-refractivity contribution is 6.03. The van der Waals surface area contributed by atoms with Crippen molar-refractivity contribution in [3.63, 3.8) is 0 Å². The van der Waals surface area contributed by atoms with E-state index in [1.165, 1.54) is 19.2 Å². The molecule has 0 saturated carbocycles. The Bertz CT molecular complexity index is 1030. The number of hydrogen-bond acceptors (Lipinski definition) is 4. The first-order chi connectivity index (χ1) is 14.9. The van der Waals surface area contributed by atoms with Crippen LogP contribution < -0.4 is 11.1 Å². The number of carbonyl (C=O) groups excluding carboxylic acids is 1. The van der Waals surface area contributed by atoms with E-state index in [-0.39, 0.29) is 17.6 Å². The lowest BCUT2D eigenvalue weighted by Crippen LogP contribution is -2.37. The van der Waals surface area contributed by atoms with Crippen molar-refractivity contribution < 1.29 is 18.0 Å². The fourth-order valence-corrected chi connectivity index (χ4v) is 2.75. The van der Waals surface area contributed by atoms with Crippen LogP contribution >= 0.6 is 0 Å². The van der Waals surface area contributed by atoms with E-state index in [0.29, 0.717) is 5.56 Å². The van der Waals surface area contributed by atoms with Crippen LogP contribution in [0.2, 0.25) is 0 Å². The molecule has 164 valence electrons. The minimum atomic E-state index is -1.75. The SMILES string of the molecule is CC(NC(=O)c1ccc2c(-c3ccc(F)cc3)cccc2c1)C(=N)N=N.CN.FCF. The van der Waals surface area contributed by atoms with Gasteiger partial charge in [0.15, 0.2) is 5.84 Å². The largest absolute Gasteiger partial charge is 0.342 e. The van der Waals surface area contributed by atoms with Gasteiger partial charge in [0.2, 0.25) is 6.93 Å². The first-order valence-corrected chi connectivity index (χ1v) is 9.16. The molecule has 3 aromatic rings. The third-order valence-electron chi connectivity index (χ3n) is 4.18. The van der Waals surface area contributed by atoms with Crippen LogP contribution in [0.3, 0.4) is 0 Å². The number of amides is 1. The van der Waals surface area contributed by atoms with Gasteiger partial charge in [-0.3, -0.25) is 10.2 Å². The highest BCUT2D eigenvalue weighted by Crippen LogP contribution is 2.29. The summed E-state index contributed by atoms with van der Waals surface area (Å²) in [7, 11) is 1.50. The van der Waals surface area contributed by atoms with E-state index < -0.39 is 13.0 Å². The molecule has 1 amide bonds. The van der Waals surface area contributed by atoms with Crippen molar-refractivity contribution in [1.29, 1.82) is 10.9 Å². The van der Waals surface area contributed by atoms with Gasteiger partial charge in [0.1, 0.15) is 5.82 Å². The average Bonchev–Trinajstić information content (AvgIpc) is 2.80. The van der Waals surface area contributed by atoms with Crippen molar-refractivity contribution in [2.45, 2.75) is 13.0 Å². The summed E-state index contributed by atoms with van der Waals surface area (Å²) in [6.45, 7) is -0.147. The number of nitrogens with zero attached hydrogens (tertiary/aromatic N) is 1. The first-order valence-electron chi connectivity index (χ1n) is 9.16. The van der Waals surface area contributed by atoms with Gasteiger partial charge in [-0.05, 0) is 60.1 Å². The second kappa shape index (κ2) is 12.9. The molecule has 3 rings (SSSR count). The van der Waals surface area contributed by atoms with E-state index in [1.54, 1.807) is 31.2 Å². The normalized spacial score (nSPS) is 10.6. The Morgan fingerprint density at radius 2 is 1.71 bits per heavy atom. The number of fused-ring (bicyclic) bond motifs is 1. The van der Waals surface area contributed by atoms with Crippen LogP contribution in [-0.2, 0) is 0 Å². The zero-order valence-electron chi connectivity index (χ0n) is 17.1. The third-order valence-corrected chi connectivity index (χ3v) is 4.18. The summed E-state index contributed by atoms with van der Waals surface area (Å²) in [5.41, 5.74) is 13.6. The Morgan fingerprint density at radius 3 is 2.29 bits per heavy atom. The number of rotatable bonds is 4. The zero-order valence-corrected chi connectivity index (χ0v) is 17.1. The fraction of sp³-hybridized carbons (Fsp3) is 0.182. The average molecular weight is 431 g/mol. The highest BCUT2D eigenvalue weighted by Gasteiger charge is 2.14. The van der Waals surface area contributed by atoms with Crippen molar-refractivity contribution >= 4 is 22.5 Å². The number of nitrogens with two attached hydrogens (primary N) is 1. The number of hydrogen-bond donors (Lipinski definition) is 4. The monoisotopic (exact) mass is 431 g/mol. The predicted molar refractivity (Wildman–Crippen MR) is 116 cm³/mol. The van der Waals surface area contributed by atoms with E-state index in [0.717, 1.165) is 21.9 Å². The third kappa shape index (κ3) is 7.00. The van der Waals surface area contributed by atoms with Gasteiger partial charge in [0.25, 0.3) is 5.91 Å². The second-order valence-corrected chi connectivity index (χ2v) is 6.04. The predicted octanol–water partition coefficient (Wildman–Crippen LogP) is 5.23. The zero-order chi connectivity index (χ0) is 23.4. The molecule has 9 heteroatoms. The molecule has 0 bridgehead atoms. The summed E-state index contributed by atoms with van der Waals surface area (Å²) >= 11 is 0. The van der Waals surface area contributed by atoms with Crippen LogP contribution in [0.1, 0.15) is 17.3 Å². The minimum absolute atomic E-state index is 0.210. The number of nitrogens with one attached hydrogen (secondary N) is 3. The van der Waals surface area contributed by atoms with E-state index in [2.05, 4.69) is 16.2 Å². The molecule has 0 aliphatic heterocycles. The maximum Gasteiger partial charge on any atom is 0.251 e. The van der Waals surface area contributed by atoms with Crippen LogP contribution in [0, 0.1) is 16.8 Å². The molecule has 1 unspecified atom stereocenters. The number of benzene rings is 3. The molecule has 0 radical (unpaired) electrons. The molecule has 0 saturated heterocycles. The molecule has 6 nitrogen and oxygen atoms in total. The maximum absolute atomic E-state index is 13.2. The Hall–Kier alpha value is -3.59. The molecule has 5 N–H and O–H groups in total. The lowest BCUT2D eigenvalue weighted by atomic mass is 9.97. The van der Waals surface area contributed by atoms with Crippen LogP contribution in [0.15, 0.2) is 65.8 Å². The molecular formula is C22H24F3N5O. The van der Waals surface area contributed by atoms with Gasteiger partial charge in [0, 0.05) is 5.56 Å². The van der Waals surface area contributed by atoms with Crippen molar-refractivity contribution in [2.24, 2.45) is 10.8 Å². The smallest absolute Gasteiger partial charge is 0.251 e. The summed E-state index contributed by atoms with van der Waals surface area (Å²) in [5, 5.41) is 15.0. The van der Waals surface area contributed by atoms with Gasteiger partial charge in [0.05, 0.1) is 6.04 Å². The minimum Gasteiger partial charge on any atom is -0.342 e. The topological polar surface area (TPSA) is 115 Å². The molecule has 0 aliphatic rings. The van der Waals surface area contributed by atoms with Gasteiger partial charge < -0.3 is 11.1 Å². The van der Waals surface area contributed by atoms with Gasteiger partial charge >= 0.3 is 0 Å². The van der Waals surface area contributed by atoms with E-state index in [4.69, 9.17) is 10.9 Å². The standard InChI is InChI=1S/C20H17FN4O.CH2F2.CH5N/c1-12(19(22)25-23)24-20(26)15-7-10-18-14(11-15)3-2-4-17(18)13-5-8-16(21)9-6-13;2-1-3;1-2/h2-12,22-23H,1H3,(H,24,26);1H2;2H2,1H3. The van der Waals surface area contributed by atoms with Crippen LogP contribution in [0.5, 0.6) is 0 Å². The van der Waals surface area contributed by atoms with E-state index in [9.17, 15) is 18.0 Å². The van der Waals surface area contributed by atoms with Crippen LogP contribution in [-0.4, -0.2) is 31.8 Å². The molecule has 0 heterocycles. The molecule has 1 atom stereocenters. The second-order valence-electron chi connectivity index (χ2n) is 6.04. The molecule has 3 aromatic carbocycles. The van der Waals surface area contributed by atoms with Gasteiger partial charge in [-0.15, -0.1) is 5.11 Å². The Kier molecular flexibility index (Phi) is 10.6. The Labute approximate surface area is 178 Å². The molecule has 0 spiro atoms. The summed E-state index contributed by atoms with van der Waals surface area (Å²) < 4.78 is 32.4. The molecule has 0 aliphatic carbocycles. The van der Waals surface area contributed by atoms with Gasteiger partial charge in [-0.2, -0.15) is 0 Å². The van der Waals surface area contributed by atoms with E-state index in [1.807, 2.05) is 24.3 Å². The fourth-order valence-electron chi connectivity index (χ4n) is 2.75. The summed E-state index contributed by atoms with van der Waals surface area (Å²) in [6, 6.07) is 16.7. The van der Waals surface area contributed by atoms with Crippen molar-refractivity contribution in [2.75, 3.05) is 14.0 Å². The van der Waals surface area contributed by atoms with Crippen LogP contribution in [0.4, 0.5) is 13.2 Å². The Morgan fingerprint density at radius 1 is 1.10 bits per heavy atom.